The molecule has 0 bridgehead atoms. The number of carbonyl (C=O) groups is 1. The van der Waals surface area contributed by atoms with Crippen molar-refractivity contribution >= 4 is 28.7 Å². The van der Waals surface area contributed by atoms with Crippen molar-refractivity contribution in [1.29, 1.82) is 5.26 Å². The fraction of sp³-hybridized carbons (Fsp3) is 0.500. The number of imidazole rings is 1. The number of nitrogens with zero attached hydrogens (tertiary/aromatic N) is 4. The number of aryl methyl sites for hydroxylation is 1. The zero-order valence-corrected chi connectivity index (χ0v) is 15.3. The molecule has 1 aromatic heterocycles. The van der Waals surface area contributed by atoms with Crippen molar-refractivity contribution in [2.45, 2.75) is 44.2 Å². The topological polar surface area (TPSA) is 71.2 Å². The second-order valence-corrected chi connectivity index (χ2v) is 7.23. The van der Waals surface area contributed by atoms with Gasteiger partial charge in [0.05, 0.1) is 41.5 Å². The number of para-hydroxylation sites is 2. The molecule has 2 aromatic rings. The lowest BCUT2D eigenvalue weighted by Gasteiger charge is -2.35. The Morgan fingerprint density at radius 2 is 2.08 bits per heavy atom. The van der Waals surface area contributed by atoms with Crippen LogP contribution < -0.4 is 0 Å². The molecule has 2 heterocycles. The molecular formula is C18H22N4O2S. The first-order valence-corrected chi connectivity index (χ1v) is 9.45. The largest absolute Gasteiger partial charge is 0.372 e. The molecule has 0 N–H and O–H groups in total. The van der Waals surface area contributed by atoms with Crippen molar-refractivity contribution in [2.24, 2.45) is 0 Å². The van der Waals surface area contributed by atoms with Crippen LogP contribution in [0.2, 0.25) is 0 Å². The molecule has 0 spiro atoms. The number of morpholine rings is 1. The van der Waals surface area contributed by atoms with Gasteiger partial charge in [-0.25, -0.2) is 4.98 Å². The normalized spacial score (nSPS) is 20.6. The van der Waals surface area contributed by atoms with E-state index in [2.05, 4.69) is 11.1 Å². The van der Waals surface area contributed by atoms with Crippen LogP contribution >= 0.6 is 11.8 Å². The van der Waals surface area contributed by atoms with Gasteiger partial charge in [0.25, 0.3) is 0 Å². The van der Waals surface area contributed by atoms with Crippen molar-refractivity contribution in [3.05, 3.63) is 24.3 Å². The highest BCUT2D eigenvalue weighted by Crippen LogP contribution is 2.25. The lowest BCUT2D eigenvalue weighted by molar-refractivity contribution is -0.140. The van der Waals surface area contributed by atoms with Crippen molar-refractivity contribution in [1.82, 2.24) is 14.5 Å². The summed E-state index contributed by atoms with van der Waals surface area (Å²) in [5.41, 5.74) is 1.89. The Bertz CT molecular complexity index is 788. The van der Waals surface area contributed by atoms with Crippen LogP contribution in [0, 0.1) is 11.3 Å². The number of hydrogen-bond acceptors (Lipinski definition) is 5. The summed E-state index contributed by atoms with van der Waals surface area (Å²) >= 11 is 1.44. The Balaban J connectivity index is 1.72. The van der Waals surface area contributed by atoms with Crippen LogP contribution in [-0.2, 0) is 16.1 Å². The first kappa shape index (κ1) is 17.8. The molecule has 0 aliphatic carbocycles. The van der Waals surface area contributed by atoms with E-state index in [1.807, 2.05) is 47.6 Å². The fourth-order valence-electron chi connectivity index (χ4n) is 3.14. The number of nitriles is 1. The number of hydrogen-bond donors (Lipinski definition) is 0. The van der Waals surface area contributed by atoms with Crippen LogP contribution in [0.3, 0.4) is 0 Å². The van der Waals surface area contributed by atoms with Gasteiger partial charge in [0.2, 0.25) is 5.91 Å². The van der Waals surface area contributed by atoms with E-state index < -0.39 is 0 Å². The van der Waals surface area contributed by atoms with Gasteiger partial charge in [0.1, 0.15) is 0 Å². The summed E-state index contributed by atoms with van der Waals surface area (Å²) in [5, 5.41) is 9.69. The Morgan fingerprint density at radius 1 is 1.36 bits per heavy atom. The Morgan fingerprint density at radius 3 is 2.80 bits per heavy atom. The molecule has 0 saturated carbocycles. The number of benzene rings is 1. The minimum absolute atomic E-state index is 0.0675. The molecule has 2 atom stereocenters. The van der Waals surface area contributed by atoms with Gasteiger partial charge in [0, 0.05) is 19.6 Å². The van der Waals surface area contributed by atoms with Crippen molar-refractivity contribution in [3.63, 3.8) is 0 Å². The third-order valence-electron chi connectivity index (χ3n) is 4.16. The lowest BCUT2D eigenvalue weighted by atomic mass is 10.2. The molecule has 1 fully saturated rings. The number of amides is 1. The highest BCUT2D eigenvalue weighted by Gasteiger charge is 2.26. The number of thioether (sulfide) groups is 1. The molecule has 25 heavy (non-hydrogen) atoms. The van der Waals surface area contributed by atoms with Crippen molar-refractivity contribution < 1.29 is 9.53 Å². The van der Waals surface area contributed by atoms with E-state index in [-0.39, 0.29) is 18.1 Å². The highest BCUT2D eigenvalue weighted by atomic mass is 32.2. The quantitative estimate of drug-likeness (QED) is 0.769. The van der Waals surface area contributed by atoms with Crippen LogP contribution in [0.15, 0.2) is 29.4 Å². The van der Waals surface area contributed by atoms with Gasteiger partial charge in [-0.2, -0.15) is 5.26 Å². The smallest absolute Gasteiger partial charge is 0.233 e. The molecule has 6 nitrogen and oxygen atoms in total. The van der Waals surface area contributed by atoms with Gasteiger partial charge in [-0.1, -0.05) is 23.9 Å². The van der Waals surface area contributed by atoms with Crippen molar-refractivity contribution in [3.8, 4) is 6.07 Å². The first-order chi connectivity index (χ1) is 12.1. The van der Waals surface area contributed by atoms with E-state index in [1.165, 1.54) is 11.8 Å². The van der Waals surface area contributed by atoms with E-state index in [0.717, 1.165) is 16.2 Å². The Labute approximate surface area is 151 Å². The molecule has 132 valence electrons. The van der Waals surface area contributed by atoms with E-state index >= 15 is 0 Å². The van der Waals surface area contributed by atoms with E-state index in [9.17, 15) is 4.79 Å². The maximum absolute atomic E-state index is 12.6. The van der Waals surface area contributed by atoms with Crippen LogP contribution in [0.5, 0.6) is 0 Å². The summed E-state index contributed by atoms with van der Waals surface area (Å²) in [5.74, 6) is 0.445. The summed E-state index contributed by atoms with van der Waals surface area (Å²) in [4.78, 5) is 19.1. The average Bonchev–Trinajstić information content (AvgIpc) is 2.94. The van der Waals surface area contributed by atoms with Gasteiger partial charge < -0.3 is 14.2 Å². The maximum atomic E-state index is 12.6. The molecule has 1 aliphatic rings. The summed E-state index contributed by atoms with van der Waals surface area (Å²) in [6.07, 6.45) is 0.552. The summed E-state index contributed by atoms with van der Waals surface area (Å²) in [6.45, 7) is 5.83. The van der Waals surface area contributed by atoms with E-state index in [4.69, 9.17) is 10.00 Å². The van der Waals surface area contributed by atoms with Crippen LogP contribution in [0.1, 0.15) is 20.3 Å². The second-order valence-electron chi connectivity index (χ2n) is 6.29. The average molecular weight is 358 g/mol. The first-order valence-electron chi connectivity index (χ1n) is 8.46. The standard InChI is InChI=1S/C18H22N4O2S/c1-13-10-21(11-14(2)24-13)17(23)12-25-18-20-15-6-3-4-7-16(15)22(18)9-5-8-19/h3-4,6-7,13-14H,5,9-12H2,1-2H3. The maximum Gasteiger partial charge on any atom is 0.233 e. The molecule has 1 saturated heterocycles. The zero-order valence-electron chi connectivity index (χ0n) is 14.5. The van der Waals surface area contributed by atoms with Gasteiger partial charge in [-0.3, -0.25) is 4.79 Å². The Kier molecular flexibility index (Phi) is 5.61. The molecule has 0 radical (unpaired) electrons. The fourth-order valence-corrected chi connectivity index (χ4v) is 4.08. The second kappa shape index (κ2) is 7.89. The zero-order chi connectivity index (χ0) is 17.8. The number of fused-ring (bicyclic) bond motifs is 1. The van der Waals surface area contributed by atoms with Gasteiger partial charge in [-0.05, 0) is 26.0 Å². The Hall–Kier alpha value is -2.04. The van der Waals surface area contributed by atoms with Crippen LogP contribution in [0.25, 0.3) is 11.0 Å². The lowest BCUT2D eigenvalue weighted by Crippen LogP contribution is -2.48. The number of carbonyl (C=O) groups excluding carboxylic acids is 1. The monoisotopic (exact) mass is 358 g/mol. The minimum atomic E-state index is 0.0675. The molecular weight excluding hydrogens is 336 g/mol. The number of ether oxygens (including phenoxy) is 1. The molecule has 7 heteroatoms. The van der Waals surface area contributed by atoms with Crippen LogP contribution in [-0.4, -0.2) is 51.4 Å². The third kappa shape index (κ3) is 4.14. The molecule has 2 unspecified atom stereocenters. The van der Waals surface area contributed by atoms with Gasteiger partial charge >= 0.3 is 0 Å². The van der Waals surface area contributed by atoms with Crippen molar-refractivity contribution in [2.75, 3.05) is 18.8 Å². The number of aromatic nitrogens is 2. The molecule has 1 aliphatic heterocycles. The predicted molar refractivity (Wildman–Crippen MR) is 97.3 cm³/mol. The van der Waals surface area contributed by atoms with E-state index in [0.29, 0.717) is 31.8 Å². The van der Waals surface area contributed by atoms with Gasteiger partial charge in [-0.15, -0.1) is 0 Å². The SMILES string of the molecule is CC1CN(C(=O)CSc2nc3ccccc3n2CCC#N)CC(C)O1. The molecule has 3 rings (SSSR count). The third-order valence-corrected chi connectivity index (χ3v) is 5.12. The summed E-state index contributed by atoms with van der Waals surface area (Å²) in [6, 6.07) is 10.0. The van der Waals surface area contributed by atoms with E-state index in [1.54, 1.807) is 0 Å². The predicted octanol–water partition coefficient (Wildman–Crippen LogP) is 2.68. The molecule has 1 aromatic carbocycles. The highest BCUT2D eigenvalue weighted by molar-refractivity contribution is 7.99. The van der Waals surface area contributed by atoms with Crippen LogP contribution in [0.4, 0.5) is 0 Å². The molecule has 1 amide bonds. The summed E-state index contributed by atoms with van der Waals surface area (Å²) in [7, 11) is 0. The van der Waals surface area contributed by atoms with Gasteiger partial charge in [0.15, 0.2) is 5.16 Å². The summed E-state index contributed by atoms with van der Waals surface area (Å²) < 4.78 is 7.71. The number of rotatable bonds is 5. The minimum Gasteiger partial charge on any atom is -0.372 e.